The van der Waals surface area contributed by atoms with Crippen molar-refractivity contribution in [3.63, 3.8) is 0 Å². The Labute approximate surface area is 323 Å². The van der Waals surface area contributed by atoms with E-state index in [1.807, 2.05) is 20.8 Å². The monoisotopic (exact) mass is 810 g/mol. The van der Waals surface area contributed by atoms with Crippen LogP contribution in [-0.4, -0.2) is 58.8 Å². The Morgan fingerprint density at radius 3 is 1.88 bits per heavy atom. The Bertz CT molecular complexity index is 2010. The van der Waals surface area contributed by atoms with Crippen LogP contribution in [0.1, 0.15) is 81.2 Å². The fraction of sp³-hybridized carbons (Fsp3) is 0.487. The van der Waals surface area contributed by atoms with E-state index in [-0.39, 0.29) is 16.8 Å². The minimum atomic E-state index is -3.69. The van der Waals surface area contributed by atoms with Gasteiger partial charge in [-0.25, -0.2) is 40.4 Å². The molecule has 0 aliphatic carbocycles. The summed E-state index contributed by atoms with van der Waals surface area (Å²) in [7, 11) is -2.72. The highest BCUT2D eigenvalue weighted by Gasteiger charge is 2.55. The van der Waals surface area contributed by atoms with Gasteiger partial charge in [-0.05, 0) is 102 Å². The molecule has 4 rings (SSSR count). The third kappa shape index (κ3) is 9.65. The molecular weight excluding hydrogens is 763 g/mol. The van der Waals surface area contributed by atoms with Crippen LogP contribution in [0, 0.1) is 23.3 Å². The summed E-state index contributed by atoms with van der Waals surface area (Å²) >= 11 is 0. The van der Waals surface area contributed by atoms with E-state index in [9.17, 15) is 14.0 Å². The molecule has 17 heteroatoms. The highest BCUT2D eigenvalue weighted by molar-refractivity contribution is 6.73. The zero-order valence-corrected chi connectivity index (χ0v) is 34.2. The number of hydrogen-bond donors (Lipinski definition) is 0. The number of anilines is 1. The molecule has 10 nitrogen and oxygen atoms in total. The topological polar surface area (TPSA) is 104 Å². The number of alkyl halides is 2. The summed E-state index contributed by atoms with van der Waals surface area (Å²) in [5.74, 6) is -10.3. The second kappa shape index (κ2) is 16.4. The Kier molecular flexibility index (Phi) is 12.9. The summed E-state index contributed by atoms with van der Waals surface area (Å²) < 4.78 is 117. The molecule has 0 saturated heterocycles. The quantitative estimate of drug-likeness (QED) is 0.0971. The number of imide groups is 1. The third-order valence-electron chi connectivity index (χ3n) is 9.20. The van der Waals surface area contributed by atoms with E-state index < -0.39 is 96.8 Å². The highest BCUT2D eigenvalue weighted by atomic mass is 28.4. The van der Waals surface area contributed by atoms with Crippen molar-refractivity contribution in [1.29, 1.82) is 0 Å². The van der Waals surface area contributed by atoms with Crippen molar-refractivity contribution in [2.75, 3.05) is 11.5 Å². The molecule has 0 radical (unpaired) electrons. The van der Waals surface area contributed by atoms with Crippen molar-refractivity contribution < 1.29 is 54.6 Å². The molecule has 2 aromatic carbocycles. The number of pyridine rings is 1. The van der Waals surface area contributed by atoms with Gasteiger partial charge < -0.3 is 18.6 Å². The Morgan fingerprint density at radius 2 is 1.36 bits per heavy atom. The summed E-state index contributed by atoms with van der Waals surface area (Å²) in [6.07, 6.45) is -2.17. The van der Waals surface area contributed by atoms with Gasteiger partial charge in [-0.2, -0.15) is 4.98 Å². The molecule has 1 atom stereocenters. The van der Waals surface area contributed by atoms with Gasteiger partial charge in [-0.15, -0.1) is 10.00 Å². The maximum atomic E-state index is 16.4. The first-order valence-electron chi connectivity index (χ1n) is 18.2. The molecule has 2 amide bonds. The second-order valence-electron chi connectivity index (χ2n) is 15.5. The predicted octanol–water partition coefficient (Wildman–Crippen LogP) is 11.0. The first-order chi connectivity index (χ1) is 25.9. The first-order valence-corrected chi connectivity index (χ1v) is 20.7. The third-order valence-corrected chi connectivity index (χ3v) is 13.9. The minimum absolute atomic E-state index is 0.0184. The van der Waals surface area contributed by atoms with Crippen LogP contribution < -0.4 is 9.64 Å². The van der Waals surface area contributed by atoms with Gasteiger partial charge >= 0.3 is 12.2 Å². The van der Waals surface area contributed by atoms with Crippen molar-refractivity contribution in [2.24, 2.45) is 0 Å². The van der Waals surface area contributed by atoms with E-state index >= 15 is 22.0 Å². The van der Waals surface area contributed by atoms with Crippen LogP contribution in [0.4, 0.5) is 41.9 Å². The number of fused-ring (bicyclic) bond motifs is 1. The van der Waals surface area contributed by atoms with Crippen molar-refractivity contribution in [3.8, 4) is 16.9 Å². The van der Waals surface area contributed by atoms with Crippen LogP contribution in [0.5, 0.6) is 5.75 Å². The van der Waals surface area contributed by atoms with Crippen LogP contribution in [0.25, 0.3) is 16.8 Å². The molecular formula is C39H48F6N4O6Si. The molecule has 0 saturated carbocycles. The normalized spacial score (nSPS) is 13.7. The van der Waals surface area contributed by atoms with E-state index in [2.05, 4.69) is 10.1 Å². The van der Waals surface area contributed by atoms with Crippen molar-refractivity contribution >= 4 is 32.1 Å². The van der Waals surface area contributed by atoms with E-state index in [4.69, 9.17) is 18.6 Å². The van der Waals surface area contributed by atoms with Gasteiger partial charge in [0.05, 0.1) is 12.2 Å². The number of benzene rings is 2. The number of nitrogens with zero attached hydrogens (tertiary/aromatic N) is 4. The fourth-order valence-electron chi connectivity index (χ4n) is 5.97. The lowest BCUT2D eigenvalue weighted by Gasteiger charge is -2.45. The Hall–Kier alpha value is -4.64. The molecule has 2 aromatic heterocycles. The standard InChI is InChI=1S/C39H48F6N4O6Si/c1-11-56(12-2,13-3)55-38(10,25-14-16-26(40)17-15-25)39(44,45)19-21-52-32-28(42)23-27(41)30(31(32)43)24-18-20-48-29(22-24)46-33(47-48)49(34(50)53-36(4,5)6)35(51)54-37(7,8)9/h14-18,20,22-23H,11-13,19,21H2,1-10H3. The molecule has 0 bridgehead atoms. The largest absolute Gasteiger partial charge is 0.487 e. The summed E-state index contributed by atoms with van der Waals surface area (Å²) in [5.41, 5.74) is -5.37. The van der Waals surface area contributed by atoms with Gasteiger partial charge in [0.1, 0.15) is 28.4 Å². The molecule has 306 valence electrons. The van der Waals surface area contributed by atoms with Crippen molar-refractivity contribution in [1.82, 2.24) is 14.6 Å². The first kappa shape index (κ1) is 44.1. The van der Waals surface area contributed by atoms with Gasteiger partial charge in [-0.1, -0.05) is 32.9 Å². The second-order valence-corrected chi connectivity index (χ2v) is 20.2. The molecule has 1 unspecified atom stereocenters. The van der Waals surface area contributed by atoms with Gasteiger partial charge in [0.2, 0.25) is 0 Å². The molecule has 2 heterocycles. The van der Waals surface area contributed by atoms with E-state index in [1.165, 1.54) is 31.3 Å². The average molecular weight is 811 g/mol. The van der Waals surface area contributed by atoms with Crippen molar-refractivity contribution in [3.05, 3.63) is 77.5 Å². The number of amides is 2. The van der Waals surface area contributed by atoms with E-state index in [0.29, 0.717) is 29.1 Å². The number of rotatable bonds is 13. The molecule has 0 spiro atoms. The van der Waals surface area contributed by atoms with Crippen LogP contribution >= 0.6 is 0 Å². The van der Waals surface area contributed by atoms with Crippen molar-refractivity contribution in [2.45, 2.75) is 117 Å². The summed E-state index contributed by atoms with van der Waals surface area (Å²) in [6.45, 7) is 15.4. The molecule has 0 N–H and O–H groups in total. The van der Waals surface area contributed by atoms with E-state index in [1.54, 1.807) is 41.5 Å². The number of hydrogen-bond acceptors (Lipinski definition) is 8. The summed E-state index contributed by atoms with van der Waals surface area (Å²) in [4.78, 5) is 30.8. The lowest BCUT2D eigenvalue weighted by Crippen LogP contribution is -2.53. The molecule has 0 fully saturated rings. The van der Waals surface area contributed by atoms with Crippen LogP contribution in [-0.2, 0) is 19.5 Å². The lowest BCUT2D eigenvalue weighted by atomic mass is 9.87. The molecule has 4 aromatic rings. The molecule has 0 aliphatic rings. The summed E-state index contributed by atoms with van der Waals surface area (Å²) in [6, 6.07) is 8.85. The maximum Gasteiger partial charge on any atom is 0.427 e. The number of aromatic nitrogens is 3. The minimum Gasteiger partial charge on any atom is -0.487 e. The number of ether oxygens (including phenoxy) is 3. The van der Waals surface area contributed by atoms with Gasteiger partial charge in [0.25, 0.3) is 11.9 Å². The van der Waals surface area contributed by atoms with Crippen LogP contribution in [0.15, 0.2) is 48.7 Å². The Morgan fingerprint density at radius 1 is 0.804 bits per heavy atom. The highest BCUT2D eigenvalue weighted by Crippen LogP contribution is 2.47. The zero-order valence-electron chi connectivity index (χ0n) is 33.2. The van der Waals surface area contributed by atoms with E-state index in [0.717, 1.165) is 22.7 Å². The zero-order chi connectivity index (χ0) is 42.0. The average Bonchev–Trinajstić information content (AvgIpc) is 3.49. The lowest BCUT2D eigenvalue weighted by molar-refractivity contribution is -0.175. The summed E-state index contributed by atoms with van der Waals surface area (Å²) in [5, 5.41) is 4.13. The number of carbonyl (C=O) groups excluding carboxylic acids is 2. The van der Waals surface area contributed by atoms with Gasteiger partial charge in [0.15, 0.2) is 31.3 Å². The number of halogens is 6. The smallest absolute Gasteiger partial charge is 0.427 e. The fourth-order valence-corrected chi connectivity index (χ4v) is 9.04. The number of carbonyl (C=O) groups is 2. The molecule has 0 aliphatic heterocycles. The SMILES string of the molecule is CC[Si](CC)(CC)OC(C)(c1ccc(F)cc1)C(F)(F)CCOc1c(F)cc(F)c(-c2ccn3nc(N(C(=O)OC(C)(C)C)C(=O)OC(C)(C)C)nc3c2)c1F. The Balaban J connectivity index is 1.68. The van der Waals surface area contributed by atoms with Gasteiger partial charge in [-0.3, -0.25) is 0 Å². The maximum absolute atomic E-state index is 16.4. The van der Waals surface area contributed by atoms with Gasteiger partial charge in [0, 0.05) is 18.7 Å². The van der Waals surface area contributed by atoms with Crippen LogP contribution in [0.2, 0.25) is 18.1 Å². The van der Waals surface area contributed by atoms with Crippen LogP contribution in [0.3, 0.4) is 0 Å². The molecule has 56 heavy (non-hydrogen) atoms. The predicted molar refractivity (Wildman–Crippen MR) is 200 cm³/mol.